The Bertz CT molecular complexity index is 1360. The predicted molar refractivity (Wildman–Crippen MR) is 131 cm³/mol. The fourth-order valence-corrected chi connectivity index (χ4v) is 5.82. The average Bonchev–Trinajstić information content (AvgIpc) is 3.50. The summed E-state index contributed by atoms with van der Waals surface area (Å²) in [6.07, 6.45) is 2.08. The van der Waals surface area contributed by atoms with E-state index in [9.17, 15) is 4.79 Å². The van der Waals surface area contributed by atoms with Gasteiger partial charge < -0.3 is 19.8 Å². The number of nitrogens with zero attached hydrogens (tertiary/aromatic N) is 3. The van der Waals surface area contributed by atoms with Gasteiger partial charge in [0, 0.05) is 40.4 Å². The standard InChI is InChI=1S/C24H24N4O3S2/c1-13(2)17(29)5-8-28-23-21(16(25)4-7-26-23)27-24(28)33-20-11-19-18(30-12-31-19)10-15(20)22-14(3)6-9-32-22/h4,6-7,9-11,13H,5,8,12H2,1-3H3,(H2,25,26). The van der Waals surface area contributed by atoms with Crippen LogP contribution in [0.4, 0.5) is 5.69 Å². The molecule has 0 atom stereocenters. The van der Waals surface area contributed by atoms with Crippen LogP contribution in [-0.2, 0) is 11.3 Å². The quantitative estimate of drug-likeness (QED) is 0.371. The molecule has 0 spiro atoms. The summed E-state index contributed by atoms with van der Waals surface area (Å²) in [5.41, 5.74) is 10.4. The SMILES string of the molecule is Cc1ccsc1-c1cc2c(cc1Sc1nc3c(N)ccnc3n1CCC(=O)C(C)C)OCO2. The van der Waals surface area contributed by atoms with Crippen molar-refractivity contribution >= 4 is 45.7 Å². The molecule has 4 heterocycles. The first-order chi connectivity index (χ1) is 15.9. The van der Waals surface area contributed by atoms with Gasteiger partial charge in [0.05, 0.1) is 5.69 Å². The number of anilines is 1. The summed E-state index contributed by atoms with van der Waals surface area (Å²) >= 11 is 3.21. The zero-order valence-corrected chi connectivity index (χ0v) is 20.3. The normalized spacial score (nSPS) is 12.7. The van der Waals surface area contributed by atoms with Gasteiger partial charge in [-0.25, -0.2) is 9.97 Å². The smallest absolute Gasteiger partial charge is 0.231 e. The van der Waals surface area contributed by atoms with Crippen LogP contribution in [0.1, 0.15) is 25.8 Å². The van der Waals surface area contributed by atoms with Crippen LogP contribution in [0, 0.1) is 12.8 Å². The number of Topliss-reactive ketones (excluding diaryl/α,β-unsaturated/α-hetero) is 1. The Morgan fingerprint density at radius 1 is 1.27 bits per heavy atom. The Labute approximate surface area is 199 Å². The molecule has 0 aliphatic carbocycles. The topological polar surface area (TPSA) is 92.3 Å². The van der Waals surface area contributed by atoms with Crippen LogP contribution in [0.25, 0.3) is 21.6 Å². The fourth-order valence-electron chi connectivity index (χ4n) is 3.74. The Hall–Kier alpha value is -3.04. The summed E-state index contributed by atoms with van der Waals surface area (Å²) in [6.45, 7) is 6.64. The van der Waals surface area contributed by atoms with Gasteiger partial charge in [-0.05, 0) is 42.1 Å². The summed E-state index contributed by atoms with van der Waals surface area (Å²) in [5.74, 6) is 1.64. The molecule has 0 radical (unpaired) electrons. The van der Waals surface area contributed by atoms with E-state index in [0.29, 0.717) is 35.6 Å². The number of nitrogen functional groups attached to an aromatic ring is 1. The van der Waals surface area contributed by atoms with Gasteiger partial charge in [-0.1, -0.05) is 25.6 Å². The van der Waals surface area contributed by atoms with Crippen molar-refractivity contribution in [1.29, 1.82) is 0 Å². The number of fused-ring (bicyclic) bond motifs is 2. The number of ketones is 1. The molecule has 0 fully saturated rings. The highest BCUT2D eigenvalue weighted by Gasteiger charge is 2.23. The maximum absolute atomic E-state index is 12.4. The number of thiophene rings is 1. The summed E-state index contributed by atoms with van der Waals surface area (Å²) in [5, 5.41) is 2.82. The van der Waals surface area contributed by atoms with Gasteiger partial charge in [-0.15, -0.1) is 11.3 Å². The van der Waals surface area contributed by atoms with Crippen LogP contribution in [0.2, 0.25) is 0 Å². The highest BCUT2D eigenvalue weighted by atomic mass is 32.2. The number of rotatable bonds is 7. The van der Waals surface area contributed by atoms with Crippen molar-refractivity contribution in [3.63, 3.8) is 0 Å². The Morgan fingerprint density at radius 2 is 2.06 bits per heavy atom. The molecule has 1 aliphatic heterocycles. The summed E-state index contributed by atoms with van der Waals surface area (Å²) in [7, 11) is 0. The van der Waals surface area contributed by atoms with Crippen LogP contribution in [0.15, 0.2) is 45.9 Å². The molecule has 0 saturated heterocycles. The highest BCUT2D eigenvalue weighted by molar-refractivity contribution is 7.99. The van der Waals surface area contributed by atoms with E-state index in [4.69, 9.17) is 20.2 Å². The van der Waals surface area contributed by atoms with Crippen LogP contribution >= 0.6 is 23.1 Å². The zero-order valence-electron chi connectivity index (χ0n) is 18.6. The summed E-state index contributed by atoms with van der Waals surface area (Å²) in [6, 6.07) is 7.89. The third kappa shape index (κ3) is 4.06. The van der Waals surface area contributed by atoms with E-state index in [1.54, 1.807) is 23.6 Å². The molecule has 33 heavy (non-hydrogen) atoms. The number of pyridine rings is 1. The van der Waals surface area contributed by atoms with E-state index in [2.05, 4.69) is 23.4 Å². The van der Waals surface area contributed by atoms with Crippen molar-refractivity contribution in [3.05, 3.63) is 41.4 Å². The molecule has 5 rings (SSSR count). The number of hydrogen-bond donors (Lipinski definition) is 1. The van der Waals surface area contributed by atoms with Crippen LogP contribution in [0.5, 0.6) is 11.5 Å². The first-order valence-electron chi connectivity index (χ1n) is 10.7. The number of benzene rings is 1. The van der Waals surface area contributed by atoms with E-state index < -0.39 is 0 Å². The first-order valence-corrected chi connectivity index (χ1v) is 12.4. The third-order valence-corrected chi connectivity index (χ3v) is 7.74. The average molecular weight is 481 g/mol. The second kappa shape index (κ2) is 8.72. The minimum Gasteiger partial charge on any atom is -0.454 e. The molecule has 4 aromatic rings. The van der Waals surface area contributed by atoms with Gasteiger partial charge in [0.25, 0.3) is 0 Å². The van der Waals surface area contributed by atoms with Gasteiger partial charge in [0.2, 0.25) is 6.79 Å². The molecular weight excluding hydrogens is 456 g/mol. The van der Waals surface area contributed by atoms with Crippen molar-refractivity contribution in [1.82, 2.24) is 14.5 Å². The highest BCUT2D eigenvalue weighted by Crippen LogP contribution is 2.46. The molecule has 0 unspecified atom stereocenters. The van der Waals surface area contributed by atoms with E-state index in [0.717, 1.165) is 21.4 Å². The van der Waals surface area contributed by atoms with Gasteiger partial charge in [-0.3, -0.25) is 4.79 Å². The number of aromatic nitrogens is 3. The van der Waals surface area contributed by atoms with Crippen molar-refractivity contribution in [2.45, 2.75) is 43.8 Å². The monoisotopic (exact) mass is 480 g/mol. The van der Waals surface area contributed by atoms with Crippen LogP contribution in [0.3, 0.4) is 0 Å². The minimum atomic E-state index is -0.0174. The van der Waals surface area contributed by atoms with Crippen LogP contribution in [-0.4, -0.2) is 27.1 Å². The number of carbonyl (C=O) groups excluding carboxylic acids is 1. The second-order valence-corrected chi connectivity index (χ2v) is 10.2. The van der Waals surface area contributed by atoms with E-state index >= 15 is 0 Å². The van der Waals surface area contributed by atoms with Gasteiger partial charge in [0.15, 0.2) is 22.3 Å². The van der Waals surface area contributed by atoms with Gasteiger partial charge in [-0.2, -0.15) is 0 Å². The molecule has 9 heteroatoms. The van der Waals surface area contributed by atoms with Crippen molar-refractivity contribution in [2.75, 3.05) is 12.5 Å². The molecule has 1 aromatic carbocycles. The molecular formula is C24H24N4O3S2. The number of hydrogen-bond acceptors (Lipinski definition) is 8. The van der Waals surface area contributed by atoms with Crippen molar-refractivity contribution < 1.29 is 14.3 Å². The molecule has 1 aliphatic rings. The molecule has 0 bridgehead atoms. The summed E-state index contributed by atoms with van der Waals surface area (Å²) < 4.78 is 13.3. The van der Waals surface area contributed by atoms with E-state index in [-0.39, 0.29) is 18.5 Å². The van der Waals surface area contributed by atoms with E-state index in [1.807, 2.05) is 30.5 Å². The van der Waals surface area contributed by atoms with Gasteiger partial charge in [0.1, 0.15) is 11.3 Å². The lowest BCUT2D eigenvalue weighted by Gasteiger charge is -2.12. The molecule has 0 saturated carbocycles. The second-order valence-electron chi connectivity index (χ2n) is 8.23. The number of ether oxygens (including phenoxy) is 2. The molecule has 170 valence electrons. The number of nitrogens with two attached hydrogens (primary N) is 1. The third-order valence-electron chi connectivity index (χ3n) is 5.64. The minimum absolute atomic E-state index is 0.0174. The summed E-state index contributed by atoms with van der Waals surface area (Å²) in [4.78, 5) is 23.9. The maximum atomic E-state index is 12.4. The first kappa shape index (κ1) is 21.8. The Kier molecular flexibility index (Phi) is 5.76. The largest absolute Gasteiger partial charge is 0.454 e. The number of aryl methyl sites for hydroxylation is 2. The maximum Gasteiger partial charge on any atom is 0.231 e. The lowest BCUT2D eigenvalue weighted by atomic mass is 10.1. The molecule has 3 aromatic heterocycles. The van der Waals surface area contributed by atoms with Crippen molar-refractivity contribution in [2.24, 2.45) is 5.92 Å². The molecule has 0 amide bonds. The number of imidazole rings is 1. The zero-order chi connectivity index (χ0) is 23.1. The van der Waals surface area contributed by atoms with Crippen LogP contribution < -0.4 is 15.2 Å². The van der Waals surface area contributed by atoms with Gasteiger partial charge >= 0.3 is 0 Å². The lowest BCUT2D eigenvalue weighted by Crippen LogP contribution is -2.12. The number of carbonyl (C=O) groups is 1. The van der Waals surface area contributed by atoms with E-state index in [1.165, 1.54) is 22.2 Å². The Morgan fingerprint density at radius 3 is 2.79 bits per heavy atom. The van der Waals surface area contributed by atoms with Crippen molar-refractivity contribution in [3.8, 4) is 21.9 Å². The predicted octanol–water partition coefficient (Wildman–Crippen LogP) is 5.55. The fraction of sp³-hybridized carbons (Fsp3) is 0.292. The molecule has 7 nitrogen and oxygen atoms in total. The molecule has 2 N–H and O–H groups in total. The Balaban J connectivity index is 1.61. The lowest BCUT2D eigenvalue weighted by molar-refractivity contribution is -0.122.